The minimum atomic E-state index is -4.80. The highest BCUT2D eigenvalue weighted by Gasteiger charge is 2.40. The number of anilines is 1. The second-order valence-corrected chi connectivity index (χ2v) is 5.28. The van der Waals surface area contributed by atoms with Crippen molar-refractivity contribution >= 4 is 28.6 Å². The van der Waals surface area contributed by atoms with Gasteiger partial charge < -0.3 is 10.5 Å². The topological polar surface area (TPSA) is 78.9 Å². The molecule has 0 spiro atoms. The van der Waals surface area contributed by atoms with E-state index in [-0.39, 0.29) is 22.9 Å². The van der Waals surface area contributed by atoms with Crippen LogP contribution in [0.5, 0.6) is 0 Å². The first-order chi connectivity index (χ1) is 10.2. The Hall–Kier alpha value is -1.68. The van der Waals surface area contributed by atoms with Crippen LogP contribution in [-0.4, -0.2) is 31.8 Å². The fourth-order valence-corrected chi connectivity index (χ4v) is 2.62. The van der Waals surface area contributed by atoms with Gasteiger partial charge in [0.05, 0.1) is 6.10 Å². The lowest BCUT2D eigenvalue weighted by molar-refractivity contribution is -0.144. The van der Waals surface area contributed by atoms with Crippen molar-refractivity contribution in [3.63, 3.8) is 0 Å². The normalized spacial score (nSPS) is 26.0. The van der Waals surface area contributed by atoms with Gasteiger partial charge in [-0.25, -0.2) is 19.3 Å². The van der Waals surface area contributed by atoms with E-state index in [2.05, 4.69) is 15.0 Å². The number of nitrogens with two attached hydrogens (primary N) is 1. The van der Waals surface area contributed by atoms with Crippen LogP contribution < -0.4 is 5.73 Å². The van der Waals surface area contributed by atoms with Crippen LogP contribution in [0.3, 0.4) is 0 Å². The summed E-state index contributed by atoms with van der Waals surface area (Å²) in [5.41, 5.74) is 5.03. The van der Waals surface area contributed by atoms with Crippen molar-refractivity contribution in [3.05, 3.63) is 11.1 Å². The van der Waals surface area contributed by atoms with E-state index in [1.807, 2.05) is 0 Å². The van der Waals surface area contributed by atoms with Gasteiger partial charge in [-0.3, -0.25) is 4.57 Å². The zero-order valence-electron chi connectivity index (χ0n) is 11.1. The molecular formula is C11H10ClF4N5O. The van der Waals surface area contributed by atoms with Gasteiger partial charge in [0.15, 0.2) is 23.2 Å². The third-order valence-corrected chi connectivity index (χ3v) is 3.54. The number of alkyl halides is 4. The summed E-state index contributed by atoms with van der Waals surface area (Å²) < 4.78 is 58.7. The van der Waals surface area contributed by atoms with E-state index in [1.165, 1.54) is 0 Å². The molecule has 2 N–H and O–H groups in total. The summed E-state index contributed by atoms with van der Waals surface area (Å²) in [7, 11) is 0. The molecule has 0 saturated carbocycles. The maximum atomic E-state index is 14.0. The van der Waals surface area contributed by atoms with E-state index < -0.39 is 36.3 Å². The monoisotopic (exact) mass is 339 g/mol. The number of imidazole rings is 1. The van der Waals surface area contributed by atoms with Gasteiger partial charge in [-0.05, 0) is 18.5 Å². The van der Waals surface area contributed by atoms with E-state index in [9.17, 15) is 17.6 Å². The molecule has 1 aliphatic rings. The van der Waals surface area contributed by atoms with Crippen LogP contribution in [0.2, 0.25) is 5.28 Å². The van der Waals surface area contributed by atoms with Crippen LogP contribution in [0.25, 0.3) is 11.2 Å². The van der Waals surface area contributed by atoms with Crippen LogP contribution >= 0.6 is 11.6 Å². The number of hydrogen-bond donors (Lipinski definition) is 1. The Morgan fingerprint density at radius 3 is 2.55 bits per heavy atom. The first-order valence-corrected chi connectivity index (χ1v) is 6.64. The molecule has 3 unspecified atom stereocenters. The highest BCUT2D eigenvalue weighted by atomic mass is 35.5. The minimum absolute atomic E-state index is 0.0906. The summed E-state index contributed by atoms with van der Waals surface area (Å²) in [6.07, 6.45) is -7.77. The van der Waals surface area contributed by atoms with E-state index in [0.29, 0.717) is 0 Å². The van der Waals surface area contributed by atoms with Crippen LogP contribution in [0.15, 0.2) is 0 Å². The molecule has 11 heteroatoms. The summed E-state index contributed by atoms with van der Waals surface area (Å²) in [5.74, 6) is -1.93. The molecule has 3 atom stereocenters. The van der Waals surface area contributed by atoms with Crippen LogP contribution in [0.1, 0.15) is 25.4 Å². The van der Waals surface area contributed by atoms with Crippen LogP contribution in [0.4, 0.5) is 23.4 Å². The number of nitrogen functional groups attached to an aromatic ring is 1. The van der Waals surface area contributed by atoms with E-state index in [1.54, 1.807) is 6.92 Å². The van der Waals surface area contributed by atoms with Gasteiger partial charge in [0.2, 0.25) is 11.1 Å². The molecule has 2 aromatic heterocycles. The van der Waals surface area contributed by atoms with Gasteiger partial charge in [0.25, 0.3) is 0 Å². The maximum Gasteiger partial charge on any atom is 0.451 e. The number of ether oxygens (including phenoxy) is 1. The molecule has 0 radical (unpaired) electrons. The van der Waals surface area contributed by atoms with Gasteiger partial charge in [0, 0.05) is 6.42 Å². The third-order valence-electron chi connectivity index (χ3n) is 3.27. The Kier molecular flexibility index (Phi) is 3.40. The minimum Gasteiger partial charge on any atom is -0.382 e. The SMILES string of the molecule is CC1CC(F)C(n2c(Cl)nc3c(N)nc(C(F)(F)F)nc32)O1. The number of rotatable bonds is 1. The second kappa shape index (κ2) is 4.92. The van der Waals surface area contributed by atoms with Crippen LogP contribution in [0, 0.1) is 0 Å². The largest absolute Gasteiger partial charge is 0.451 e. The summed E-state index contributed by atoms with van der Waals surface area (Å²) in [4.78, 5) is 10.3. The summed E-state index contributed by atoms with van der Waals surface area (Å²) in [5, 5.41) is -0.267. The van der Waals surface area contributed by atoms with Crippen molar-refractivity contribution < 1.29 is 22.3 Å². The van der Waals surface area contributed by atoms with E-state index >= 15 is 0 Å². The average molecular weight is 340 g/mol. The molecule has 2 aromatic rings. The molecule has 3 heterocycles. The van der Waals surface area contributed by atoms with Gasteiger partial charge in [-0.1, -0.05) is 0 Å². The Bertz CT molecular complexity index is 733. The second-order valence-electron chi connectivity index (χ2n) is 4.94. The fraction of sp³-hybridized carbons (Fsp3) is 0.545. The van der Waals surface area contributed by atoms with Gasteiger partial charge >= 0.3 is 6.18 Å². The molecule has 6 nitrogen and oxygen atoms in total. The highest BCUT2D eigenvalue weighted by Crippen LogP contribution is 2.37. The van der Waals surface area contributed by atoms with Crippen molar-refractivity contribution in [2.45, 2.75) is 38.0 Å². The zero-order chi connectivity index (χ0) is 16.2. The predicted octanol–water partition coefficient (Wildman–Crippen LogP) is 2.73. The first kappa shape index (κ1) is 15.2. The quantitative estimate of drug-likeness (QED) is 0.638. The zero-order valence-corrected chi connectivity index (χ0v) is 11.9. The Morgan fingerprint density at radius 1 is 1.32 bits per heavy atom. The lowest BCUT2D eigenvalue weighted by atomic mass is 10.2. The standard InChI is InChI=1S/C11H10ClF4N5O/c1-3-2-4(13)8(22-3)21-7-5(18-10(21)12)6(17)19-9(20-7)11(14,15)16/h3-4,8H,2H2,1H3,(H2,17,19,20). The van der Waals surface area contributed by atoms with E-state index in [0.717, 1.165) is 4.57 Å². The van der Waals surface area contributed by atoms with Crippen molar-refractivity contribution in [2.24, 2.45) is 0 Å². The predicted molar refractivity (Wildman–Crippen MR) is 68.8 cm³/mol. The summed E-state index contributed by atoms with van der Waals surface area (Å²) >= 11 is 5.90. The molecular weight excluding hydrogens is 330 g/mol. The number of nitrogens with zero attached hydrogens (tertiary/aromatic N) is 4. The van der Waals surface area contributed by atoms with Crippen LogP contribution in [-0.2, 0) is 10.9 Å². The smallest absolute Gasteiger partial charge is 0.382 e. The molecule has 22 heavy (non-hydrogen) atoms. The molecule has 0 amide bonds. The fourth-order valence-electron chi connectivity index (χ4n) is 2.36. The molecule has 1 aliphatic heterocycles. The molecule has 120 valence electrons. The molecule has 1 saturated heterocycles. The Balaban J connectivity index is 2.22. The maximum absolute atomic E-state index is 14.0. The average Bonchev–Trinajstić information content (AvgIpc) is 2.87. The van der Waals surface area contributed by atoms with E-state index in [4.69, 9.17) is 22.1 Å². The van der Waals surface area contributed by atoms with Crippen molar-refractivity contribution in [3.8, 4) is 0 Å². The van der Waals surface area contributed by atoms with Gasteiger partial charge in [-0.2, -0.15) is 13.2 Å². The molecule has 1 fully saturated rings. The molecule has 0 bridgehead atoms. The molecule has 3 rings (SSSR count). The lowest BCUT2D eigenvalue weighted by Crippen LogP contribution is -2.19. The van der Waals surface area contributed by atoms with Crippen molar-refractivity contribution in [1.82, 2.24) is 19.5 Å². The summed E-state index contributed by atoms with van der Waals surface area (Å²) in [6.45, 7) is 1.64. The van der Waals surface area contributed by atoms with Crippen molar-refractivity contribution in [1.29, 1.82) is 0 Å². The number of aromatic nitrogens is 4. The highest BCUT2D eigenvalue weighted by molar-refractivity contribution is 6.29. The third kappa shape index (κ3) is 2.35. The number of fused-ring (bicyclic) bond motifs is 1. The molecule has 0 aliphatic carbocycles. The van der Waals surface area contributed by atoms with Crippen molar-refractivity contribution in [2.75, 3.05) is 5.73 Å². The Morgan fingerprint density at radius 2 is 2.00 bits per heavy atom. The van der Waals surface area contributed by atoms with Gasteiger partial charge in [-0.15, -0.1) is 0 Å². The number of hydrogen-bond acceptors (Lipinski definition) is 5. The Labute approximate surface area is 126 Å². The van der Waals surface area contributed by atoms with Gasteiger partial charge in [0.1, 0.15) is 6.17 Å². The molecule has 0 aromatic carbocycles. The summed E-state index contributed by atoms with van der Waals surface area (Å²) in [6, 6.07) is 0. The first-order valence-electron chi connectivity index (χ1n) is 6.26. The lowest BCUT2D eigenvalue weighted by Gasteiger charge is -2.16. The number of halogens is 5.